The molecule has 1 aromatic heterocycles. The molecule has 3 nitrogen and oxygen atoms in total. The van der Waals surface area contributed by atoms with Gasteiger partial charge in [-0.15, -0.1) is 0 Å². The molecule has 0 atom stereocenters. The lowest BCUT2D eigenvalue weighted by Gasteiger charge is -2.14. The highest BCUT2D eigenvalue weighted by atomic mass is 79.9. The second-order valence-electron chi connectivity index (χ2n) is 4.29. The van der Waals surface area contributed by atoms with E-state index in [9.17, 15) is 4.79 Å². The standard InChI is InChI=1S/C14H7BrN2O/c15-10-6-5-9-11-12(16-17-13(10)11)7-3-1-2-4-8(7)14(9)18/h1-6H,(H,16,17). The Morgan fingerprint density at radius 1 is 1.00 bits per heavy atom. The fraction of sp³-hybridized carbons (Fsp3) is 0. The van der Waals surface area contributed by atoms with Crippen molar-refractivity contribution in [3.05, 3.63) is 52.0 Å². The molecule has 0 bridgehead atoms. The van der Waals surface area contributed by atoms with E-state index in [1.165, 1.54) is 0 Å². The van der Waals surface area contributed by atoms with E-state index in [2.05, 4.69) is 26.1 Å². The van der Waals surface area contributed by atoms with Gasteiger partial charge in [0.05, 0.1) is 5.69 Å². The van der Waals surface area contributed by atoms with Crippen molar-refractivity contribution < 1.29 is 4.79 Å². The molecule has 0 aliphatic heterocycles. The van der Waals surface area contributed by atoms with E-state index < -0.39 is 0 Å². The summed E-state index contributed by atoms with van der Waals surface area (Å²) in [4.78, 5) is 12.4. The molecule has 1 aliphatic rings. The maximum atomic E-state index is 12.4. The van der Waals surface area contributed by atoms with Crippen LogP contribution in [0, 0.1) is 0 Å². The Kier molecular flexibility index (Phi) is 1.84. The molecule has 0 unspecified atom stereocenters. The quantitative estimate of drug-likeness (QED) is 0.540. The van der Waals surface area contributed by atoms with Crippen LogP contribution in [0.4, 0.5) is 0 Å². The first kappa shape index (κ1) is 10.0. The third-order valence-electron chi connectivity index (χ3n) is 3.34. The molecule has 0 spiro atoms. The molecule has 4 heteroatoms. The van der Waals surface area contributed by atoms with Crippen molar-refractivity contribution in [2.24, 2.45) is 0 Å². The van der Waals surface area contributed by atoms with E-state index in [0.717, 1.165) is 37.8 Å². The average Bonchev–Trinajstić information content (AvgIpc) is 2.84. The van der Waals surface area contributed by atoms with Crippen molar-refractivity contribution in [3.8, 4) is 11.3 Å². The number of H-pyrrole nitrogens is 1. The van der Waals surface area contributed by atoms with Gasteiger partial charge in [0.1, 0.15) is 5.52 Å². The zero-order valence-corrected chi connectivity index (χ0v) is 10.8. The number of carbonyl (C=O) groups excluding carboxylic acids is 1. The second kappa shape index (κ2) is 3.29. The first-order valence-corrected chi connectivity index (χ1v) is 6.37. The van der Waals surface area contributed by atoms with Crippen LogP contribution in [0.15, 0.2) is 40.9 Å². The molecule has 0 saturated carbocycles. The van der Waals surface area contributed by atoms with Crippen LogP contribution in [-0.2, 0) is 0 Å². The van der Waals surface area contributed by atoms with Gasteiger partial charge in [0, 0.05) is 26.5 Å². The molecule has 0 amide bonds. The fourth-order valence-electron chi connectivity index (χ4n) is 2.52. The largest absolute Gasteiger partial charge is 0.289 e. The average molecular weight is 299 g/mol. The molecular formula is C14H7BrN2O. The number of nitrogens with one attached hydrogen (secondary N) is 1. The Morgan fingerprint density at radius 3 is 2.61 bits per heavy atom. The molecule has 18 heavy (non-hydrogen) atoms. The van der Waals surface area contributed by atoms with Gasteiger partial charge in [-0.05, 0) is 28.1 Å². The van der Waals surface area contributed by atoms with Gasteiger partial charge in [0.25, 0.3) is 0 Å². The van der Waals surface area contributed by atoms with Crippen LogP contribution < -0.4 is 0 Å². The van der Waals surface area contributed by atoms with E-state index in [0.29, 0.717) is 0 Å². The smallest absolute Gasteiger partial charge is 0.194 e. The number of hydrogen-bond donors (Lipinski definition) is 1. The highest BCUT2D eigenvalue weighted by Crippen LogP contribution is 2.39. The molecule has 1 N–H and O–H groups in total. The van der Waals surface area contributed by atoms with Crippen LogP contribution in [0.3, 0.4) is 0 Å². The minimum absolute atomic E-state index is 0.0667. The van der Waals surface area contributed by atoms with Crippen molar-refractivity contribution in [3.63, 3.8) is 0 Å². The third kappa shape index (κ3) is 1.08. The highest BCUT2D eigenvalue weighted by Gasteiger charge is 2.27. The zero-order valence-electron chi connectivity index (χ0n) is 9.20. The summed E-state index contributed by atoms with van der Waals surface area (Å²) < 4.78 is 0.899. The van der Waals surface area contributed by atoms with Crippen molar-refractivity contribution in [2.45, 2.75) is 0 Å². The van der Waals surface area contributed by atoms with Gasteiger partial charge < -0.3 is 0 Å². The number of nitrogens with zero attached hydrogens (tertiary/aromatic N) is 1. The normalized spacial score (nSPS) is 12.8. The van der Waals surface area contributed by atoms with Crippen LogP contribution in [0.5, 0.6) is 0 Å². The molecule has 0 fully saturated rings. The predicted octanol–water partition coefficient (Wildman–Crippen LogP) is 3.54. The van der Waals surface area contributed by atoms with Crippen molar-refractivity contribution in [1.82, 2.24) is 10.2 Å². The van der Waals surface area contributed by atoms with Gasteiger partial charge in [-0.3, -0.25) is 9.89 Å². The Hall–Kier alpha value is -1.94. The zero-order chi connectivity index (χ0) is 12.3. The number of ketones is 1. The van der Waals surface area contributed by atoms with Gasteiger partial charge in [-0.25, -0.2) is 0 Å². The van der Waals surface area contributed by atoms with Gasteiger partial charge >= 0.3 is 0 Å². The Balaban J connectivity index is 2.26. The SMILES string of the molecule is O=C1c2ccccc2-c2[nH]nc3c(Br)ccc1c23. The highest BCUT2D eigenvalue weighted by molar-refractivity contribution is 9.10. The number of halogens is 1. The molecule has 3 aromatic rings. The molecule has 1 heterocycles. The number of hydrogen-bond acceptors (Lipinski definition) is 2. The molecule has 4 rings (SSSR count). The van der Waals surface area contributed by atoms with Crippen molar-refractivity contribution in [2.75, 3.05) is 0 Å². The Labute approximate surface area is 111 Å². The minimum Gasteiger partial charge on any atom is -0.289 e. The Morgan fingerprint density at radius 2 is 1.78 bits per heavy atom. The van der Waals surface area contributed by atoms with Crippen LogP contribution in [0.2, 0.25) is 0 Å². The number of carbonyl (C=O) groups is 1. The fourth-order valence-corrected chi connectivity index (χ4v) is 2.94. The first-order valence-electron chi connectivity index (χ1n) is 5.58. The summed E-state index contributed by atoms with van der Waals surface area (Å²) in [5, 5.41) is 8.25. The minimum atomic E-state index is 0.0667. The van der Waals surface area contributed by atoms with Crippen LogP contribution in [-0.4, -0.2) is 16.0 Å². The van der Waals surface area contributed by atoms with Crippen LogP contribution in [0.1, 0.15) is 15.9 Å². The monoisotopic (exact) mass is 298 g/mol. The number of benzene rings is 2. The summed E-state index contributed by atoms with van der Waals surface area (Å²) in [5.41, 5.74) is 4.12. The van der Waals surface area contributed by atoms with E-state index in [1.807, 2.05) is 36.4 Å². The van der Waals surface area contributed by atoms with Crippen molar-refractivity contribution >= 4 is 32.6 Å². The van der Waals surface area contributed by atoms with Gasteiger partial charge in [-0.1, -0.05) is 24.3 Å². The lowest BCUT2D eigenvalue weighted by molar-refractivity contribution is 0.104. The van der Waals surface area contributed by atoms with E-state index in [-0.39, 0.29) is 5.78 Å². The number of aromatic nitrogens is 2. The lowest BCUT2D eigenvalue weighted by Crippen LogP contribution is -2.08. The maximum Gasteiger partial charge on any atom is 0.194 e. The second-order valence-corrected chi connectivity index (χ2v) is 5.15. The number of rotatable bonds is 0. The van der Waals surface area contributed by atoms with Crippen LogP contribution in [0.25, 0.3) is 22.2 Å². The van der Waals surface area contributed by atoms with Crippen LogP contribution >= 0.6 is 15.9 Å². The summed E-state index contributed by atoms with van der Waals surface area (Å²) in [5.74, 6) is 0.0667. The molecule has 0 radical (unpaired) electrons. The molecule has 0 saturated heterocycles. The van der Waals surface area contributed by atoms with E-state index in [4.69, 9.17) is 0 Å². The summed E-state index contributed by atoms with van der Waals surface area (Å²) in [7, 11) is 0. The van der Waals surface area contributed by atoms with Crippen molar-refractivity contribution in [1.29, 1.82) is 0 Å². The summed E-state index contributed by atoms with van der Waals surface area (Å²) in [6, 6.07) is 11.3. The number of aromatic amines is 1. The van der Waals surface area contributed by atoms with Gasteiger partial charge in [-0.2, -0.15) is 5.10 Å². The number of fused-ring (bicyclic) bond motifs is 2. The van der Waals surface area contributed by atoms with Gasteiger partial charge in [0.15, 0.2) is 5.78 Å². The van der Waals surface area contributed by atoms with E-state index in [1.54, 1.807) is 0 Å². The maximum absolute atomic E-state index is 12.4. The molecular weight excluding hydrogens is 292 g/mol. The predicted molar refractivity (Wildman–Crippen MR) is 72.7 cm³/mol. The molecule has 86 valence electrons. The molecule has 2 aromatic carbocycles. The Bertz CT molecular complexity index is 820. The third-order valence-corrected chi connectivity index (χ3v) is 3.98. The molecule has 1 aliphatic carbocycles. The summed E-state index contributed by atoms with van der Waals surface area (Å²) in [6.45, 7) is 0. The first-order chi connectivity index (χ1) is 8.77. The lowest BCUT2D eigenvalue weighted by atomic mass is 9.87. The summed E-state index contributed by atoms with van der Waals surface area (Å²) >= 11 is 3.46. The van der Waals surface area contributed by atoms with Gasteiger partial charge in [0.2, 0.25) is 0 Å². The van der Waals surface area contributed by atoms with E-state index >= 15 is 0 Å². The summed E-state index contributed by atoms with van der Waals surface area (Å²) in [6.07, 6.45) is 0. The topological polar surface area (TPSA) is 45.8 Å².